The molecule has 1 aromatic rings. The van der Waals surface area contributed by atoms with Crippen LogP contribution in [0.15, 0.2) is 24.3 Å². The van der Waals surface area contributed by atoms with Crippen molar-refractivity contribution in [3.8, 4) is 0 Å². The fourth-order valence-corrected chi connectivity index (χ4v) is 4.82. The molecule has 1 amide bonds. The van der Waals surface area contributed by atoms with Gasteiger partial charge in [0.1, 0.15) is 11.9 Å². The van der Waals surface area contributed by atoms with Gasteiger partial charge < -0.3 is 10.0 Å². The predicted molar refractivity (Wildman–Crippen MR) is 105 cm³/mol. The van der Waals surface area contributed by atoms with Gasteiger partial charge in [-0.2, -0.15) is 0 Å². The van der Waals surface area contributed by atoms with Crippen LogP contribution in [0.5, 0.6) is 0 Å². The van der Waals surface area contributed by atoms with E-state index in [1.165, 1.54) is 6.07 Å². The number of likely N-dealkylation sites (tertiary alicyclic amines) is 2. The highest BCUT2D eigenvalue weighted by atomic mass is 19.1. The summed E-state index contributed by atoms with van der Waals surface area (Å²) >= 11 is 0. The first kappa shape index (κ1) is 20.3. The maximum atomic E-state index is 13.6. The van der Waals surface area contributed by atoms with Gasteiger partial charge in [-0.15, -0.1) is 0 Å². The molecule has 1 spiro atoms. The van der Waals surface area contributed by atoms with Gasteiger partial charge in [-0.1, -0.05) is 26.0 Å². The molecule has 2 aliphatic heterocycles. The number of carbonyl (C=O) groups is 1. The third-order valence-corrected chi connectivity index (χ3v) is 6.21. The predicted octanol–water partition coefficient (Wildman–Crippen LogP) is 3.58. The van der Waals surface area contributed by atoms with E-state index in [1.54, 1.807) is 12.1 Å². The molecule has 2 fully saturated rings. The highest BCUT2D eigenvalue weighted by Gasteiger charge is 2.42. The van der Waals surface area contributed by atoms with Gasteiger partial charge in [0.2, 0.25) is 0 Å². The van der Waals surface area contributed by atoms with E-state index in [1.807, 2.05) is 24.8 Å². The van der Waals surface area contributed by atoms with Crippen molar-refractivity contribution in [1.29, 1.82) is 0 Å². The van der Waals surface area contributed by atoms with Gasteiger partial charge in [0.05, 0.1) is 0 Å². The van der Waals surface area contributed by atoms with Crippen molar-refractivity contribution < 1.29 is 14.3 Å². The summed E-state index contributed by atoms with van der Waals surface area (Å²) in [4.78, 5) is 17.0. The summed E-state index contributed by atoms with van der Waals surface area (Å²) in [5.41, 5.74) is 1.12. The topological polar surface area (TPSA) is 43.8 Å². The second-order valence-electron chi connectivity index (χ2n) is 8.70. The molecule has 2 atom stereocenters. The van der Waals surface area contributed by atoms with E-state index in [2.05, 4.69) is 4.90 Å². The molecule has 3 rings (SSSR count). The van der Waals surface area contributed by atoms with Crippen LogP contribution in [0.4, 0.5) is 4.39 Å². The Hall–Kier alpha value is -1.46. The van der Waals surface area contributed by atoms with Crippen LogP contribution in [0.3, 0.4) is 0 Å². The molecule has 0 radical (unpaired) electrons. The van der Waals surface area contributed by atoms with Crippen LogP contribution >= 0.6 is 0 Å². The SMILES string of the molecule is CC(C)C[C@@H](O)C(=O)N1CCC[C@]2(CCCN2Cc2cccc(F)c2)CC1. The summed E-state index contributed by atoms with van der Waals surface area (Å²) in [6.07, 6.45) is 4.88. The Labute approximate surface area is 162 Å². The van der Waals surface area contributed by atoms with Crippen molar-refractivity contribution in [2.24, 2.45) is 5.92 Å². The van der Waals surface area contributed by atoms with Gasteiger partial charge >= 0.3 is 0 Å². The third kappa shape index (κ3) is 4.88. The van der Waals surface area contributed by atoms with Gasteiger partial charge in [0.15, 0.2) is 0 Å². The third-order valence-electron chi connectivity index (χ3n) is 6.21. The summed E-state index contributed by atoms with van der Waals surface area (Å²) in [6, 6.07) is 6.88. The normalized spacial score (nSPS) is 25.1. The molecule has 1 N–H and O–H groups in total. The molecule has 27 heavy (non-hydrogen) atoms. The Balaban J connectivity index is 1.65. The van der Waals surface area contributed by atoms with Gasteiger partial charge in [-0.25, -0.2) is 4.39 Å². The molecule has 2 saturated heterocycles. The average molecular weight is 377 g/mol. The maximum Gasteiger partial charge on any atom is 0.251 e. The lowest BCUT2D eigenvalue weighted by atomic mass is 9.87. The van der Waals surface area contributed by atoms with Crippen molar-refractivity contribution in [1.82, 2.24) is 9.80 Å². The lowest BCUT2D eigenvalue weighted by molar-refractivity contribution is -0.141. The summed E-state index contributed by atoms with van der Waals surface area (Å²) in [6.45, 7) is 7.27. The highest BCUT2D eigenvalue weighted by molar-refractivity contribution is 5.80. The first-order chi connectivity index (χ1) is 12.9. The Morgan fingerprint density at radius 2 is 1.93 bits per heavy atom. The summed E-state index contributed by atoms with van der Waals surface area (Å²) in [5.74, 6) is 0.00631. The van der Waals surface area contributed by atoms with E-state index in [0.29, 0.717) is 18.9 Å². The first-order valence-corrected chi connectivity index (χ1v) is 10.4. The largest absolute Gasteiger partial charge is 0.383 e. The van der Waals surface area contributed by atoms with Crippen molar-refractivity contribution in [2.75, 3.05) is 19.6 Å². The number of aliphatic hydroxyl groups is 1. The Kier molecular flexibility index (Phi) is 6.53. The number of aliphatic hydroxyl groups excluding tert-OH is 1. The zero-order valence-electron chi connectivity index (χ0n) is 16.7. The number of hydrogen-bond acceptors (Lipinski definition) is 3. The van der Waals surface area contributed by atoms with Crippen LogP contribution in [0.1, 0.15) is 57.9 Å². The molecule has 2 aliphatic rings. The van der Waals surface area contributed by atoms with E-state index < -0.39 is 6.10 Å². The van der Waals surface area contributed by atoms with Gasteiger partial charge in [0.25, 0.3) is 5.91 Å². The van der Waals surface area contributed by atoms with E-state index >= 15 is 0 Å². The van der Waals surface area contributed by atoms with Crippen molar-refractivity contribution in [3.05, 3.63) is 35.6 Å². The number of carbonyl (C=O) groups excluding carboxylic acids is 1. The first-order valence-electron chi connectivity index (χ1n) is 10.4. The van der Waals surface area contributed by atoms with Crippen molar-refractivity contribution in [3.63, 3.8) is 0 Å². The molecule has 2 heterocycles. The van der Waals surface area contributed by atoms with Crippen LogP contribution in [-0.4, -0.2) is 52.1 Å². The Bertz CT molecular complexity index is 651. The number of hydrogen-bond donors (Lipinski definition) is 1. The van der Waals surface area contributed by atoms with Crippen molar-refractivity contribution >= 4 is 5.91 Å². The standard InChI is InChI=1S/C22H33FN2O2/c1-17(2)14-20(26)21(27)24-11-4-8-22(10-13-24)9-5-12-25(22)16-18-6-3-7-19(23)15-18/h3,6-7,15,17,20,26H,4-5,8-14,16H2,1-2H3/t20-,22+/m1/s1. The molecule has 0 aromatic heterocycles. The second kappa shape index (κ2) is 8.70. The highest BCUT2D eigenvalue weighted by Crippen LogP contribution is 2.39. The smallest absolute Gasteiger partial charge is 0.251 e. The molecule has 1 aromatic carbocycles. The molecule has 0 aliphatic carbocycles. The maximum absolute atomic E-state index is 13.6. The van der Waals surface area contributed by atoms with Crippen LogP contribution < -0.4 is 0 Å². The van der Waals surface area contributed by atoms with E-state index in [4.69, 9.17) is 0 Å². The van der Waals surface area contributed by atoms with Gasteiger partial charge in [0, 0.05) is 25.2 Å². The summed E-state index contributed by atoms with van der Waals surface area (Å²) < 4.78 is 13.6. The van der Waals surface area contributed by atoms with Gasteiger partial charge in [-0.3, -0.25) is 9.69 Å². The molecular formula is C22H33FN2O2. The minimum atomic E-state index is -0.883. The molecule has 150 valence electrons. The second-order valence-corrected chi connectivity index (χ2v) is 8.70. The minimum Gasteiger partial charge on any atom is -0.383 e. The fraction of sp³-hybridized carbons (Fsp3) is 0.682. The lowest BCUT2D eigenvalue weighted by Crippen LogP contribution is -2.45. The zero-order chi connectivity index (χ0) is 19.4. The average Bonchev–Trinajstić information content (AvgIpc) is 2.85. The molecule has 0 unspecified atom stereocenters. The van der Waals surface area contributed by atoms with Gasteiger partial charge in [-0.05, 0) is 68.7 Å². The van der Waals surface area contributed by atoms with Crippen molar-refractivity contribution in [2.45, 2.75) is 70.6 Å². The number of nitrogens with zero attached hydrogens (tertiary/aromatic N) is 2. The lowest BCUT2D eigenvalue weighted by Gasteiger charge is -2.38. The number of halogens is 1. The van der Waals surface area contributed by atoms with E-state index in [-0.39, 0.29) is 17.3 Å². The molecule has 0 saturated carbocycles. The number of rotatable bonds is 5. The summed E-state index contributed by atoms with van der Waals surface area (Å²) in [7, 11) is 0. The zero-order valence-corrected chi connectivity index (χ0v) is 16.7. The molecular weight excluding hydrogens is 343 g/mol. The van der Waals surface area contributed by atoms with Crippen LogP contribution in [0, 0.1) is 11.7 Å². The monoisotopic (exact) mass is 376 g/mol. The Morgan fingerprint density at radius 3 is 2.63 bits per heavy atom. The molecule has 0 bridgehead atoms. The summed E-state index contributed by atoms with van der Waals surface area (Å²) in [5, 5.41) is 10.2. The quantitative estimate of drug-likeness (QED) is 0.854. The minimum absolute atomic E-state index is 0.102. The molecule has 5 heteroatoms. The molecule has 4 nitrogen and oxygen atoms in total. The number of benzene rings is 1. The van der Waals surface area contributed by atoms with E-state index in [0.717, 1.165) is 57.3 Å². The van der Waals surface area contributed by atoms with Crippen LogP contribution in [0.25, 0.3) is 0 Å². The van der Waals surface area contributed by atoms with Crippen LogP contribution in [-0.2, 0) is 11.3 Å². The Morgan fingerprint density at radius 1 is 1.19 bits per heavy atom. The van der Waals surface area contributed by atoms with E-state index in [9.17, 15) is 14.3 Å². The fourth-order valence-electron chi connectivity index (χ4n) is 4.82. The number of amides is 1. The van der Waals surface area contributed by atoms with Crippen LogP contribution in [0.2, 0.25) is 0 Å².